The van der Waals surface area contributed by atoms with Crippen molar-refractivity contribution in [3.8, 4) is 0 Å². The van der Waals surface area contributed by atoms with Gasteiger partial charge < -0.3 is 10.6 Å². The lowest BCUT2D eigenvalue weighted by atomic mass is 10.2. The Hall–Kier alpha value is -2.99. The van der Waals surface area contributed by atoms with Gasteiger partial charge in [0.25, 0.3) is 11.8 Å². The highest BCUT2D eigenvalue weighted by molar-refractivity contribution is 7.13. The molecule has 5 nitrogen and oxygen atoms in total. The van der Waals surface area contributed by atoms with Gasteiger partial charge in [0.2, 0.25) is 0 Å². The lowest BCUT2D eigenvalue weighted by Gasteiger charge is -2.06. The summed E-state index contributed by atoms with van der Waals surface area (Å²) in [6, 6.07) is 19.1. The molecule has 0 spiro atoms. The lowest BCUT2D eigenvalue weighted by molar-refractivity contribution is 0.0929. The van der Waals surface area contributed by atoms with Crippen molar-refractivity contribution in [1.82, 2.24) is 15.6 Å². The first-order valence-corrected chi connectivity index (χ1v) is 9.57. The molecule has 3 aromatic rings. The van der Waals surface area contributed by atoms with E-state index in [-0.39, 0.29) is 11.8 Å². The van der Waals surface area contributed by atoms with Gasteiger partial charge in [0, 0.05) is 25.1 Å². The van der Waals surface area contributed by atoms with Gasteiger partial charge in [-0.15, -0.1) is 11.3 Å². The van der Waals surface area contributed by atoms with Crippen LogP contribution in [0.5, 0.6) is 0 Å². The topological polar surface area (TPSA) is 71.1 Å². The summed E-state index contributed by atoms with van der Waals surface area (Å²) >= 11 is 1.41. The van der Waals surface area contributed by atoms with Gasteiger partial charge in [-0.2, -0.15) is 0 Å². The Kier molecular flexibility index (Phi) is 6.33. The number of aromatic nitrogens is 1. The second-order valence-corrected chi connectivity index (χ2v) is 7.15. The molecule has 1 aromatic heterocycles. The van der Waals surface area contributed by atoms with Crippen molar-refractivity contribution in [1.29, 1.82) is 0 Å². The van der Waals surface area contributed by atoms with Crippen LogP contribution in [0.4, 0.5) is 0 Å². The van der Waals surface area contributed by atoms with Gasteiger partial charge in [-0.05, 0) is 24.6 Å². The molecule has 0 atom stereocenters. The Labute approximate surface area is 162 Å². The third-order valence-electron chi connectivity index (χ3n) is 3.98. The summed E-state index contributed by atoms with van der Waals surface area (Å²) in [4.78, 5) is 29.5. The van der Waals surface area contributed by atoms with Crippen LogP contribution in [0.25, 0.3) is 0 Å². The maximum atomic E-state index is 12.4. The van der Waals surface area contributed by atoms with Crippen molar-refractivity contribution in [3.63, 3.8) is 0 Å². The molecule has 3 rings (SSSR count). The van der Waals surface area contributed by atoms with Crippen molar-refractivity contribution in [2.45, 2.75) is 13.3 Å². The van der Waals surface area contributed by atoms with Crippen LogP contribution in [-0.2, 0) is 6.42 Å². The van der Waals surface area contributed by atoms with Crippen molar-refractivity contribution in [2.75, 3.05) is 13.1 Å². The predicted molar refractivity (Wildman–Crippen MR) is 107 cm³/mol. The number of hydrogen-bond acceptors (Lipinski definition) is 4. The van der Waals surface area contributed by atoms with Gasteiger partial charge in [0.15, 0.2) is 0 Å². The third-order valence-corrected chi connectivity index (χ3v) is 5.13. The van der Waals surface area contributed by atoms with E-state index in [4.69, 9.17) is 0 Å². The summed E-state index contributed by atoms with van der Waals surface area (Å²) < 4.78 is 0. The van der Waals surface area contributed by atoms with E-state index in [0.717, 1.165) is 10.7 Å². The predicted octanol–water partition coefficient (Wildman–Crippen LogP) is 3.20. The number of nitrogens with zero attached hydrogens (tertiary/aromatic N) is 1. The van der Waals surface area contributed by atoms with E-state index in [1.165, 1.54) is 16.9 Å². The molecule has 2 N–H and O–H groups in total. The first-order valence-electron chi connectivity index (χ1n) is 8.75. The molecule has 0 bridgehead atoms. The number of amides is 2. The van der Waals surface area contributed by atoms with Crippen LogP contribution in [-0.4, -0.2) is 29.9 Å². The fraction of sp³-hybridized carbons (Fsp3) is 0.190. The van der Waals surface area contributed by atoms with Gasteiger partial charge in [0.05, 0.1) is 10.7 Å². The summed E-state index contributed by atoms with van der Waals surface area (Å²) in [7, 11) is 0. The molecular formula is C21H21N3O2S. The largest absolute Gasteiger partial charge is 0.350 e. The summed E-state index contributed by atoms with van der Waals surface area (Å²) in [5, 5.41) is 6.55. The van der Waals surface area contributed by atoms with E-state index < -0.39 is 0 Å². The quantitative estimate of drug-likeness (QED) is 0.619. The van der Waals surface area contributed by atoms with E-state index in [1.807, 2.05) is 55.5 Å². The molecular weight excluding hydrogens is 358 g/mol. The molecule has 6 heteroatoms. The molecule has 0 aliphatic carbocycles. The van der Waals surface area contributed by atoms with Crippen molar-refractivity contribution >= 4 is 23.2 Å². The normalized spacial score (nSPS) is 10.4. The summed E-state index contributed by atoms with van der Waals surface area (Å²) in [5.41, 5.74) is 2.51. The Bertz CT molecular complexity index is 908. The molecule has 2 amide bonds. The monoisotopic (exact) mass is 379 g/mol. The van der Waals surface area contributed by atoms with E-state index >= 15 is 0 Å². The molecule has 0 saturated carbocycles. The SMILES string of the molecule is Cc1nc(Cc2ccccc2)sc1C(=O)NCCNC(=O)c1ccccc1. The summed E-state index contributed by atoms with van der Waals surface area (Å²) in [5.74, 6) is -0.303. The van der Waals surface area contributed by atoms with Gasteiger partial charge in [-0.25, -0.2) is 4.98 Å². The fourth-order valence-corrected chi connectivity index (χ4v) is 3.65. The van der Waals surface area contributed by atoms with Gasteiger partial charge in [-0.1, -0.05) is 48.5 Å². The average Bonchev–Trinajstić information content (AvgIpc) is 3.06. The number of nitrogens with one attached hydrogen (secondary N) is 2. The number of carbonyl (C=O) groups excluding carboxylic acids is 2. The van der Waals surface area contributed by atoms with Crippen LogP contribution in [0.3, 0.4) is 0 Å². The highest BCUT2D eigenvalue weighted by atomic mass is 32.1. The van der Waals surface area contributed by atoms with Crippen molar-refractivity contribution in [2.24, 2.45) is 0 Å². The molecule has 0 radical (unpaired) electrons. The average molecular weight is 379 g/mol. The van der Waals surface area contributed by atoms with Crippen LogP contribution in [0.1, 0.15) is 36.3 Å². The first-order chi connectivity index (χ1) is 13.1. The molecule has 1 heterocycles. The van der Waals surface area contributed by atoms with Gasteiger partial charge in [-0.3, -0.25) is 9.59 Å². The highest BCUT2D eigenvalue weighted by Gasteiger charge is 2.15. The first kappa shape index (κ1) is 18.8. The molecule has 0 saturated heterocycles. The second-order valence-electron chi connectivity index (χ2n) is 6.06. The molecule has 0 unspecified atom stereocenters. The Morgan fingerprint density at radius 1 is 0.889 bits per heavy atom. The zero-order chi connectivity index (χ0) is 19.1. The summed E-state index contributed by atoms with van der Waals surface area (Å²) in [6.45, 7) is 2.58. The molecule has 0 aliphatic heterocycles. The fourth-order valence-electron chi connectivity index (χ4n) is 2.63. The zero-order valence-electron chi connectivity index (χ0n) is 15.1. The molecule has 27 heavy (non-hydrogen) atoms. The highest BCUT2D eigenvalue weighted by Crippen LogP contribution is 2.20. The molecule has 0 aliphatic rings. The van der Waals surface area contributed by atoms with Crippen molar-refractivity contribution < 1.29 is 9.59 Å². The number of aryl methyl sites for hydroxylation is 1. The smallest absolute Gasteiger partial charge is 0.263 e. The second kappa shape index (κ2) is 9.09. The standard InChI is InChI=1S/C21H21N3O2S/c1-15-19(27-18(24-15)14-16-8-4-2-5-9-16)21(26)23-13-12-22-20(25)17-10-6-3-7-11-17/h2-11H,12-14H2,1H3,(H,22,25)(H,23,26). The van der Waals surface area contributed by atoms with E-state index in [2.05, 4.69) is 15.6 Å². The van der Waals surface area contributed by atoms with E-state index in [9.17, 15) is 9.59 Å². The van der Waals surface area contributed by atoms with E-state index in [1.54, 1.807) is 12.1 Å². The van der Waals surface area contributed by atoms with Gasteiger partial charge in [0.1, 0.15) is 4.88 Å². The van der Waals surface area contributed by atoms with Crippen LogP contribution >= 0.6 is 11.3 Å². The molecule has 2 aromatic carbocycles. The van der Waals surface area contributed by atoms with Crippen LogP contribution in [0, 0.1) is 6.92 Å². The maximum Gasteiger partial charge on any atom is 0.263 e. The maximum absolute atomic E-state index is 12.4. The number of carbonyl (C=O) groups is 2. The van der Waals surface area contributed by atoms with Crippen LogP contribution < -0.4 is 10.6 Å². The number of thiazole rings is 1. The zero-order valence-corrected chi connectivity index (χ0v) is 15.9. The Morgan fingerprint density at radius 2 is 1.48 bits per heavy atom. The molecule has 0 fully saturated rings. The number of benzene rings is 2. The Morgan fingerprint density at radius 3 is 2.15 bits per heavy atom. The third kappa shape index (κ3) is 5.24. The summed E-state index contributed by atoms with van der Waals surface area (Å²) in [6.07, 6.45) is 0.715. The minimum atomic E-state index is -0.154. The number of rotatable bonds is 7. The van der Waals surface area contributed by atoms with Crippen molar-refractivity contribution in [3.05, 3.63) is 87.4 Å². The Balaban J connectivity index is 1.49. The van der Waals surface area contributed by atoms with E-state index in [0.29, 0.717) is 30.0 Å². The molecule has 138 valence electrons. The lowest BCUT2D eigenvalue weighted by Crippen LogP contribution is -2.34. The minimum Gasteiger partial charge on any atom is -0.350 e. The number of hydrogen-bond donors (Lipinski definition) is 2. The van der Waals surface area contributed by atoms with Gasteiger partial charge >= 0.3 is 0 Å². The van der Waals surface area contributed by atoms with Crippen LogP contribution in [0.2, 0.25) is 0 Å². The van der Waals surface area contributed by atoms with Crippen LogP contribution in [0.15, 0.2) is 60.7 Å². The minimum absolute atomic E-state index is 0.149.